The molecule has 106 valence electrons. The molecule has 21 heavy (non-hydrogen) atoms. The van der Waals surface area contributed by atoms with Gasteiger partial charge in [-0.1, -0.05) is 66.7 Å². The summed E-state index contributed by atoms with van der Waals surface area (Å²) in [6.45, 7) is 0. The van der Waals surface area contributed by atoms with Gasteiger partial charge in [0.15, 0.2) is 0 Å². The summed E-state index contributed by atoms with van der Waals surface area (Å²) in [5.74, 6) is 0. The predicted octanol–water partition coefficient (Wildman–Crippen LogP) is 4.64. The van der Waals surface area contributed by atoms with E-state index in [1.807, 2.05) is 42.5 Å². The zero-order chi connectivity index (χ0) is 14.9. The summed E-state index contributed by atoms with van der Waals surface area (Å²) in [5.41, 5.74) is 2.41. The Morgan fingerprint density at radius 2 is 0.905 bits per heavy atom. The third-order valence-electron chi connectivity index (χ3n) is 3.09. The summed E-state index contributed by atoms with van der Waals surface area (Å²) in [4.78, 5) is 2.17. The van der Waals surface area contributed by atoms with Crippen molar-refractivity contribution in [1.29, 1.82) is 0 Å². The van der Waals surface area contributed by atoms with Crippen molar-refractivity contribution in [3.8, 4) is 0 Å². The van der Waals surface area contributed by atoms with E-state index in [1.165, 1.54) is 16.7 Å². The highest BCUT2D eigenvalue weighted by molar-refractivity contribution is 7.27. The first-order valence-electron chi connectivity index (χ1n) is 6.92. The highest BCUT2D eigenvalue weighted by Gasteiger charge is 2.00. The van der Waals surface area contributed by atoms with Crippen LogP contribution in [-0.4, -0.2) is 7.05 Å². The molecule has 0 aliphatic carbocycles. The molecule has 1 atom stereocenters. The Balaban J connectivity index is 0.000000194. The van der Waals surface area contributed by atoms with Gasteiger partial charge in [0.25, 0.3) is 0 Å². The number of rotatable bonds is 2. The van der Waals surface area contributed by atoms with Gasteiger partial charge in [-0.25, -0.2) is 0 Å². The Kier molecular flexibility index (Phi) is 5.99. The van der Waals surface area contributed by atoms with E-state index < -0.39 is 0 Å². The largest absolute Gasteiger partial charge is 0.345 e. The third-order valence-corrected chi connectivity index (χ3v) is 3.47. The Bertz CT molecular complexity index is 584. The topological polar surface area (TPSA) is 3.24 Å². The van der Waals surface area contributed by atoms with Gasteiger partial charge >= 0.3 is 0 Å². The molecular weight excluding hydrogens is 273 g/mol. The molecule has 0 fully saturated rings. The molecule has 3 rings (SSSR count). The second-order valence-electron chi connectivity index (χ2n) is 4.64. The molecule has 1 unspecified atom stereocenters. The van der Waals surface area contributed by atoms with Crippen molar-refractivity contribution in [2.45, 2.75) is 0 Å². The van der Waals surface area contributed by atoms with Gasteiger partial charge in [0.1, 0.15) is 0 Å². The average Bonchev–Trinajstić information content (AvgIpc) is 2.57. The molecule has 0 radical (unpaired) electrons. The molecular formula is C19H20NP. The summed E-state index contributed by atoms with van der Waals surface area (Å²) in [6, 6.07) is 30.8. The van der Waals surface area contributed by atoms with Crippen LogP contribution in [0.4, 0.5) is 11.4 Å². The van der Waals surface area contributed by atoms with Gasteiger partial charge in [-0.3, -0.25) is 0 Å². The normalized spacial score (nSPS) is 9.43. The van der Waals surface area contributed by atoms with E-state index in [-0.39, 0.29) is 0 Å². The van der Waals surface area contributed by atoms with Crippen LogP contribution >= 0.6 is 9.24 Å². The number of hydrogen-bond acceptors (Lipinski definition) is 1. The lowest BCUT2D eigenvalue weighted by atomic mass is 10.2. The molecule has 0 aliphatic heterocycles. The van der Waals surface area contributed by atoms with Crippen LogP contribution in [0.25, 0.3) is 0 Å². The van der Waals surface area contributed by atoms with Gasteiger partial charge in [-0.15, -0.1) is 9.24 Å². The molecule has 0 amide bonds. The molecule has 3 aromatic rings. The molecule has 0 saturated carbocycles. The minimum atomic E-state index is 1.21. The molecule has 0 aliphatic rings. The zero-order valence-corrected chi connectivity index (χ0v) is 13.3. The zero-order valence-electron chi connectivity index (χ0n) is 12.2. The molecule has 0 aromatic heterocycles. The lowest BCUT2D eigenvalue weighted by molar-refractivity contribution is 1.21. The molecule has 0 spiro atoms. The molecule has 0 bridgehead atoms. The molecule has 1 nitrogen and oxygen atoms in total. The van der Waals surface area contributed by atoms with Crippen molar-refractivity contribution in [2.24, 2.45) is 0 Å². The summed E-state index contributed by atoms with van der Waals surface area (Å²) in [6.07, 6.45) is 0. The number of para-hydroxylation sites is 2. The first kappa shape index (κ1) is 15.3. The minimum Gasteiger partial charge on any atom is -0.345 e. The van der Waals surface area contributed by atoms with Gasteiger partial charge in [0.05, 0.1) is 0 Å². The van der Waals surface area contributed by atoms with E-state index in [0.29, 0.717) is 0 Å². The molecule has 2 heteroatoms. The number of benzene rings is 3. The van der Waals surface area contributed by atoms with Gasteiger partial charge < -0.3 is 4.90 Å². The molecule has 0 saturated heterocycles. The van der Waals surface area contributed by atoms with Crippen LogP contribution < -0.4 is 10.2 Å². The SMILES string of the molecule is CN(c1ccccc1)c1ccccc1.Pc1ccccc1. The van der Waals surface area contributed by atoms with Gasteiger partial charge in [-0.2, -0.15) is 0 Å². The van der Waals surface area contributed by atoms with Crippen molar-refractivity contribution in [2.75, 3.05) is 11.9 Å². The van der Waals surface area contributed by atoms with Gasteiger partial charge in [0, 0.05) is 18.4 Å². The summed E-state index contributed by atoms with van der Waals surface area (Å²) < 4.78 is 0. The van der Waals surface area contributed by atoms with E-state index in [2.05, 4.69) is 69.7 Å². The minimum absolute atomic E-state index is 1.21. The second kappa shape index (κ2) is 8.24. The summed E-state index contributed by atoms with van der Waals surface area (Å²) >= 11 is 0. The number of hydrogen-bond donors (Lipinski definition) is 0. The van der Waals surface area contributed by atoms with Crippen molar-refractivity contribution in [3.05, 3.63) is 91.0 Å². The maximum atomic E-state index is 2.63. The lowest BCUT2D eigenvalue weighted by Gasteiger charge is -2.18. The smallest absolute Gasteiger partial charge is 0.0408 e. The Morgan fingerprint density at radius 1 is 0.571 bits per heavy atom. The number of nitrogens with zero attached hydrogens (tertiary/aromatic N) is 1. The van der Waals surface area contributed by atoms with Gasteiger partial charge in [0.2, 0.25) is 0 Å². The molecule has 0 N–H and O–H groups in total. The first-order valence-corrected chi connectivity index (χ1v) is 7.49. The first-order chi connectivity index (χ1) is 10.3. The van der Waals surface area contributed by atoms with Crippen LogP contribution in [0.3, 0.4) is 0 Å². The maximum absolute atomic E-state index is 2.63. The van der Waals surface area contributed by atoms with Crippen LogP contribution in [0.1, 0.15) is 0 Å². The van der Waals surface area contributed by atoms with Crippen molar-refractivity contribution < 1.29 is 0 Å². The van der Waals surface area contributed by atoms with Crippen LogP contribution in [0.5, 0.6) is 0 Å². The van der Waals surface area contributed by atoms with E-state index in [0.717, 1.165) is 0 Å². The highest BCUT2D eigenvalue weighted by Crippen LogP contribution is 2.21. The Hall–Kier alpha value is -2.11. The van der Waals surface area contributed by atoms with Crippen molar-refractivity contribution >= 4 is 25.9 Å². The third kappa shape index (κ3) is 5.06. The van der Waals surface area contributed by atoms with Crippen LogP contribution in [0, 0.1) is 0 Å². The fraction of sp³-hybridized carbons (Fsp3) is 0.0526. The van der Waals surface area contributed by atoms with E-state index in [9.17, 15) is 0 Å². The Labute approximate surface area is 129 Å². The maximum Gasteiger partial charge on any atom is 0.0408 e. The van der Waals surface area contributed by atoms with Crippen molar-refractivity contribution in [3.63, 3.8) is 0 Å². The lowest BCUT2D eigenvalue weighted by Crippen LogP contribution is -2.08. The van der Waals surface area contributed by atoms with Crippen LogP contribution in [0.15, 0.2) is 91.0 Å². The number of anilines is 2. The molecule has 0 heterocycles. The monoisotopic (exact) mass is 293 g/mol. The van der Waals surface area contributed by atoms with Crippen LogP contribution in [0.2, 0.25) is 0 Å². The second-order valence-corrected chi connectivity index (χ2v) is 5.31. The fourth-order valence-electron chi connectivity index (χ4n) is 1.91. The predicted molar refractivity (Wildman–Crippen MR) is 96.7 cm³/mol. The fourth-order valence-corrected chi connectivity index (χ4v) is 2.13. The quantitative estimate of drug-likeness (QED) is 0.622. The van der Waals surface area contributed by atoms with Crippen LogP contribution in [-0.2, 0) is 0 Å². The summed E-state index contributed by atoms with van der Waals surface area (Å²) in [5, 5.41) is 1.24. The van der Waals surface area contributed by atoms with Gasteiger partial charge in [-0.05, 0) is 29.6 Å². The highest BCUT2D eigenvalue weighted by atomic mass is 31.0. The van der Waals surface area contributed by atoms with E-state index in [1.54, 1.807) is 0 Å². The van der Waals surface area contributed by atoms with E-state index >= 15 is 0 Å². The standard InChI is InChI=1S/C13H13N.C6H7P/c1-14(12-8-4-2-5-9-12)13-10-6-3-7-11-13;7-6-4-2-1-3-5-6/h2-11H,1H3;1-5H,7H2. The Morgan fingerprint density at radius 3 is 1.19 bits per heavy atom. The average molecular weight is 293 g/mol. The summed E-state index contributed by atoms with van der Waals surface area (Å²) in [7, 11) is 4.70. The van der Waals surface area contributed by atoms with E-state index in [4.69, 9.17) is 0 Å². The van der Waals surface area contributed by atoms with Crippen molar-refractivity contribution in [1.82, 2.24) is 0 Å². The molecule has 3 aromatic carbocycles.